The lowest BCUT2D eigenvalue weighted by atomic mass is 10.0. The van der Waals surface area contributed by atoms with Gasteiger partial charge in [-0.2, -0.15) is 5.10 Å². The van der Waals surface area contributed by atoms with Crippen molar-refractivity contribution in [3.8, 4) is 0 Å². The number of nitrogens with zero attached hydrogens (tertiary/aromatic N) is 3. The van der Waals surface area contributed by atoms with Crippen molar-refractivity contribution in [3.63, 3.8) is 0 Å². The van der Waals surface area contributed by atoms with E-state index in [2.05, 4.69) is 15.4 Å². The van der Waals surface area contributed by atoms with Gasteiger partial charge in [0.1, 0.15) is 12.7 Å². The van der Waals surface area contributed by atoms with Crippen LogP contribution >= 0.6 is 0 Å². The van der Waals surface area contributed by atoms with E-state index in [1.54, 1.807) is 11.0 Å². The number of hydrogen-bond acceptors (Lipinski definition) is 4. The molecule has 2 rings (SSSR count). The molecule has 0 saturated carbocycles. The molecule has 1 aromatic heterocycles. The van der Waals surface area contributed by atoms with Crippen LogP contribution in [0.25, 0.3) is 0 Å². The lowest BCUT2D eigenvalue weighted by Gasteiger charge is -2.20. The summed E-state index contributed by atoms with van der Waals surface area (Å²) >= 11 is 0. The summed E-state index contributed by atoms with van der Waals surface area (Å²) in [6, 6.07) is 0. The molecule has 0 amide bonds. The van der Waals surface area contributed by atoms with E-state index in [0.717, 1.165) is 13.0 Å². The largest absolute Gasteiger partial charge is 0.387 e. The van der Waals surface area contributed by atoms with E-state index in [0.29, 0.717) is 13.1 Å². The van der Waals surface area contributed by atoms with E-state index >= 15 is 0 Å². The Morgan fingerprint density at radius 3 is 3.17 bits per heavy atom. The van der Waals surface area contributed by atoms with Gasteiger partial charge in [0, 0.05) is 6.54 Å². The smallest absolute Gasteiger partial charge is 0.137 e. The third kappa shape index (κ3) is 1.46. The Bertz CT molecular complexity index is 240. The zero-order chi connectivity index (χ0) is 8.44. The van der Waals surface area contributed by atoms with Crippen molar-refractivity contribution in [2.24, 2.45) is 0 Å². The maximum atomic E-state index is 9.91. The number of aromatic nitrogens is 3. The molecule has 1 atom stereocenters. The fourth-order valence-corrected chi connectivity index (χ4v) is 1.48. The molecule has 2 N–H and O–H groups in total. The molecule has 1 aromatic rings. The maximum Gasteiger partial charge on any atom is 0.137 e. The van der Waals surface area contributed by atoms with Gasteiger partial charge in [-0.05, 0) is 13.0 Å². The molecule has 1 aliphatic rings. The van der Waals surface area contributed by atoms with Gasteiger partial charge in [-0.15, -0.1) is 0 Å². The Labute approximate surface area is 70.4 Å². The first-order valence-electron chi connectivity index (χ1n) is 4.04. The molecule has 0 aliphatic carbocycles. The second-order valence-electron chi connectivity index (χ2n) is 3.24. The number of nitrogens with one attached hydrogen (secondary N) is 1. The average molecular weight is 168 g/mol. The van der Waals surface area contributed by atoms with Crippen molar-refractivity contribution in [3.05, 3.63) is 12.7 Å². The summed E-state index contributed by atoms with van der Waals surface area (Å²) < 4.78 is 1.66. The van der Waals surface area contributed by atoms with Gasteiger partial charge in [0.15, 0.2) is 0 Å². The molecule has 0 aromatic carbocycles. The Balaban J connectivity index is 2.02. The molecule has 2 heterocycles. The predicted molar refractivity (Wildman–Crippen MR) is 42.5 cm³/mol. The van der Waals surface area contributed by atoms with Crippen LogP contribution < -0.4 is 5.32 Å². The Hall–Kier alpha value is -0.940. The number of aliphatic hydroxyl groups is 1. The first kappa shape index (κ1) is 7.70. The topological polar surface area (TPSA) is 63.0 Å². The Morgan fingerprint density at radius 2 is 2.58 bits per heavy atom. The van der Waals surface area contributed by atoms with Crippen molar-refractivity contribution in [1.82, 2.24) is 20.1 Å². The molecule has 1 saturated heterocycles. The van der Waals surface area contributed by atoms with Crippen LogP contribution in [0.1, 0.15) is 6.42 Å². The van der Waals surface area contributed by atoms with Gasteiger partial charge in [-0.3, -0.25) is 4.68 Å². The van der Waals surface area contributed by atoms with Crippen LogP contribution in [-0.2, 0) is 6.54 Å². The standard InChI is InChI=1S/C7H12N4O/c12-7(1-2-8-3-7)4-11-6-9-5-10-11/h5-6,8,12H,1-4H2. The quantitative estimate of drug-likeness (QED) is 0.594. The molecule has 5 heteroatoms. The molecule has 0 spiro atoms. The van der Waals surface area contributed by atoms with Crippen molar-refractivity contribution in [2.45, 2.75) is 18.6 Å². The van der Waals surface area contributed by atoms with E-state index in [-0.39, 0.29) is 0 Å². The van der Waals surface area contributed by atoms with Crippen LogP contribution in [-0.4, -0.2) is 38.6 Å². The number of hydrogen-bond donors (Lipinski definition) is 2. The monoisotopic (exact) mass is 168 g/mol. The highest BCUT2D eigenvalue weighted by atomic mass is 16.3. The summed E-state index contributed by atoms with van der Waals surface area (Å²) in [7, 11) is 0. The summed E-state index contributed by atoms with van der Waals surface area (Å²) in [4.78, 5) is 3.82. The fraction of sp³-hybridized carbons (Fsp3) is 0.714. The van der Waals surface area contributed by atoms with E-state index in [1.165, 1.54) is 6.33 Å². The van der Waals surface area contributed by atoms with E-state index in [9.17, 15) is 5.11 Å². The molecule has 0 bridgehead atoms. The van der Waals surface area contributed by atoms with Gasteiger partial charge in [0.25, 0.3) is 0 Å². The molecule has 1 unspecified atom stereocenters. The second-order valence-corrected chi connectivity index (χ2v) is 3.24. The molecule has 1 fully saturated rings. The normalized spacial score (nSPS) is 29.4. The first-order chi connectivity index (χ1) is 5.79. The molecule has 1 aliphatic heterocycles. The fourth-order valence-electron chi connectivity index (χ4n) is 1.48. The van der Waals surface area contributed by atoms with Crippen LogP contribution in [0.5, 0.6) is 0 Å². The van der Waals surface area contributed by atoms with Gasteiger partial charge in [-0.1, -0.05) is 0 Å². The number of β-amino-alcohol motifs (C(OH)–C–C–N with tert-alkyl or cyclic N) is 1. The molecule has 66 valence electrons. The second kappa shape index (κ2) is 2.84. The highest BCUT2D eigenvalue weighted by Crippen LogP contribution is 2.15. The highest BCUT2D eigenvalue weighted by Gasteiger charge is 2.31. The minimum atomic E-state index is -0.631. The first-order valence-corrected chi connectivity index (χ1v) is 4.04. The molecule has 5 nitrogen and oxygen atoms in total. The lowest BCUT2D eigenvalue weighted by Crippen LogP contribution is -2.36. The third-order valence-corrected chi connectivity index (χ3v) is 2.14. The third-order valence-electron chi connectivity index (χ3n) is 2.14. The minimum absolute atomic E-state index is 0.528. The summed E-state index contributed by atoms with van der Waals surface area (Å²) in [6.07, 6.45) is 3.88. The SMILES string of the molecule is OC1(Cn2cncn2)CCNC1. The minimum Gasteiger partial charge on any atom is -0.387 e. The van der Waals surface area contributed by atoms with Crippen LogP contribution in [0.15, 0.2) is 12.7 Å². The lowest BCUT2D eigenvalue weighted by molar-refractivity contribution is 0.0395. The molecule has 12 heavy (non-hydrogen) atoms. The van der Waals surface area contributed by atoms with Gasteiger partial charge in [-0.25, -0.2) is 4.98 Å². The van der Waals surface area contributed by atoms with E-state index < -0.39 is 5.60 Å². The molecular weight excluding hydrogens is 156 g/mol. The molecule has 0 radical (unpaired) electrons. The van der Waals surface area contributed by atoms with Crippen LogP contribution in [0.4, 0.5) is 0 Å². The van der Waals surface area contributed by atoms with Gasteiger partial charge < -0.3 is 10.4 Å². The van der Waals surface area contributed by atoms with Crippen LogP contribution in [0.2, 0.25) is 0 Å². The highest BCUT2D eigenvalue weighted by molar-refractivity contribution is 4.87. The summed E-state index contributed by atoms with van der Waals surface area (Å²) in [6.45, 7) is 2.05. The van der Waals surface area contributed by atoms with Crippen molar-refractivity contribution < 1.29 is 5.11 Å². The van der Waals surface area contributed by atoms with Gasteiger partial charge in [0.2, 0.25) is 0 Å². The van der Waals surface area contributed by atoms with Gasteiger partial charge in [0.05, 0.1) is 12.1 Å². The average Bonchev–Trinajstić information content (AvgIpc) is 2.62. The van der Waals surface area contributed by atoms with E-state index in [4.69, 9.17) is 0 Å². The summed E-state index contributed by atoms with van der Waals surface area (Å²) in [5, 5.41) is 17.0. The van der Waals surface area contributed by atoms with Crippen molar-refractivity contribution in [1.29, 1.82) is 0 Å². The van der Waals surface area contributed by atoms with Crippen LogP contribution in [0.3, 0.4) is 0 Å². The zero-order valence-electron chi connectivity index (χ0n) is 6.77. The Kier molecular flexibility index (Phi) is 1.82. The predicted octanol–water partition coefficient (Wildman–Crippen LogP) is -0.997. The van der Waals surface area contributed by atoms with E-state index in [1.807, 2.05) is 0 Å². The number of rotatable bonds is 2. The van der Waals surface area contributed by atoms with Crippen molar-refractivity contribution in [2.75, 3.05) is 13.1 Å². The van der Waals surface area contributed by atoms with Crippen LogP contribution in [0, 0.1) is 0 Å². The summed E-state index contributed by atoms with van der Waals surface area (Å²) in [5.74, 6) is 0. The van der Waals surface area contributed by atoms with Crippen molar-refractivity contribution >= 4 is 0 Å². The molecular formula is C7H12N4O. The van der Waals surface area contributed by atoms with Gasteiger partial charge >= 0.3 is 0 Å². The maximum absolute atomic E-state index is 9.91. The zero-order valence-corrected chi connectivity index (χ0v) is 6.77. The summed E-state index contributed by atoms with van der Waals surface area (Å²) in [5.41, 5.74) is -0.631. The Morgan fingerprint density at radius 1 is 1.67 bits per heavy atom.